The average molecular weight is 300 g/mol. The number of nitrogen functional groups attached to an aromatic ring is 1. The Morgan fingerprint density at radius 3 is 2.55 bits per heavy atom. The van der Waals surface area contributed by atoms with Crippen LogP contribution in [0.15, 0.2) is 36.5 Å². The fourth-order valence-corrected chi connectivity index (χ4v) is 2.12. The van der Waals surface area contributed by atoms with Gasteiger partial charge in [0.1, 0.15) is 0 Å². The van der Waals surface area contributed by atoms with Crippen molar-refractivity contribution < 1.29 is 9.53 Å². The van der Waals surface area contributed by atoms with Gasteiger partial charge in [-0.1, -0.05) is 12.1 Å². The van der Waals surface area contributed by atoms with E-state index in [-0.39, 0.29) is 12.0 Å². The van der Waals surface area contributed by atoms with Gasteiger partial charge in [-0.05, 0) is 30.7 Å². The van der Waals surface area contributed by atoms with Crippen LogP contribution in [0.4, 0.5) is 17.2 Å². The molecule has 0 fully saturated rings. The van der Waals surface area contributed by atoms with E-state index >= 15 is 0 Å². The van der Waals surface area contributed by atoms with Gasteiger partial charge < -0.3 is 21.1 Å². The maximum absolute atomic E-state index is 11.4. The summed E-state index contributed by atoms with van der Waals surface area (Å²) in [5.74, 6) is 0.274. The fourth-order valence-electron chi connectivity index (χ4n) is 2.12. The standard InChI is InChI=1S/C16H20N4O2/c1-10(11-4-6-12(7-5-11)16(21)22-3)20-15-14(17)13(18-2)8-9-19-15/h4-10H,17H2,1-3H3,(H2,18,19,20)/t10-/m0/s1. The molecule has 0 aliphatic carbocycles. The summed E-state index contributed by atoms with van der Waals surface area (Å²) < 4.78 is 4.69. The third-order valence-corrected chi connectivity index (χ3v) is 3.44. The zero-order chi connectivity index (χ0) is 16.1. The van der Waals surface area contributed by atoms with Crippen molar-refractivity contribution in [2.24, 2.45) is 0 Å². The number of rotatable bonds is 5. The van der Waals surface area contributed by atoms with Crippen molar-refractivity contribution in [1.29, 1.82) is 0 Å². The van der Waals surface area contributed by atoms with E-state index in [0.29, 0.717) is 17.1 Å². The SMILES string of the molecule is CNc1ccnc(N[C@@H](C)c2ccc(C(=O)OC)cc2)c1N. The summed E-state index contributed by atoms with van der Waals surface area (Å²) in [5.41, 5.74) is 8.99. The molecule has 0 amide bonds. The van der Waals surface area contributed by atoms with E-state index in [1.807, 2.05) is 32.2 Å². The van der Waals surface area contributed by atoms with Crippen LogP contribution in [0, 0.1) is 0 Å². The second-order valence-electron chi connectivity index (χ2n) is 4.85. The summed E-state index contributed by atoms with van der Waals surface area (Å²) in [6.07, 6.45) is 1.69. The van der Waals surface area contributed by atoms with Crippen LogP contribution in [0.5, 0.6) is 0 Å². The second-order valence-corrected chi connectivity index (χ2v) is 4.85. The molecular formula is C16H20N4O2. The molecule has 116 valence electrons. The van der Waals surface area contributed by atoms with Crippen LogP contribution in [0.2, 0.25) is 0 Å². The van der Waals surface area contributed by atoms with Crippen LogP contribution < -0.4 is 16.4 Å². The van der Waals surface area contributed by atoms with Gasteiger partial charge in [-0.3, -0.25) is 0 Å². The minimum absolute atomic E-state index is 0.00592. The van der Waals surface area contributed by atoms with E-state index in [1.54, 1.807) is 18.3 Å². The number of methoxy groups -OCH3 is 1. The van der Waals surface area contributed by atoms with Gasteiger partial charge in [0.15, 0.2) is 5.82 Å². The van der Waals surface area contributed by atoms with E-state index in [2.05, 4.69) is 20.4 Å². The molecule has 1 aromatic carbocycles. The molecule has 0 spiro atoms. The Bertz CT molecular complexity index is 656. The number of hydrogen-bond donors (Lipinski definition) is 3. The van der Waals surface area contributed by atoms with Crippen molar-refractivity contribution in [3.8, 4) is 0 Å². The molecule has 0 aliphatic heterocycles. The lowest BCUT2D eigenvalue weighted by molar-refractivity contribution is 0.0600. The van der Waals surface area contributed by atoms with Gasteiger partial charge in [-0.25, -0.2) is 9.78 Å². The van der Waals surface area contributed by atoms with Crippen molar-refractivity contribution in [2.75, 3.05) is 30.5 Å². The molecule has 1 heterocycles. The van der Waals surface area contributed by atoms with Crippen LogP contribution in [0.1, 0.15) is 28.9 Å². The maximum Gasteiger partial charge on any atom is 0.337 e. The molecule has 22 heavy (non-hydrogen) atoms. The van der Waals surface area contributed by atoms with Crippen LogP contribution in [-0.2, 0) is 4.74 Å². The van der Waals surface area contributed by atoms with E-state index < -0.39 is 0 Å². The van der Waals surface area contributed by atoms with Crippen molar-refractivity contribution in [3.05, 3.63) is 47.7 Å². The van der Waals surface area contributed by atoms with E-state index in [9.17, 15) is 4.79 Å². The number of anilines is 3. The highest BCUT2D eigenvalue weighted by atomic mass is 16.5. The molecule has 2 aromatic rings. The quantitative estimate of drug-likeness (QED) is 0.736. The van der Waals surface area contributed by atoms with Gasteiger partial charge in [0.25, 0.3) is 0 Å². The predicted octanol–water partition coefficient (Wildman–Crippen LogP) is 2.67. The lowest BCUT2D eigenvalue weighted by atomic mass is 10.1. The van der Waals surface area contributed by atoms with Crippen LogP contribution >= 0.6 is 0 Å². The first kappa shape index (κ1) is 15.6. The number of benzene rings is 1. The number of nitrogens with zero attached hydrogens (tertiary/aromatic N) is 1. The van der Waals surface area contributed by atoms with Crippen molar-refractivity contribution in [1.82, 2.24) is 4.98 Å². The molecule has 2 rings (SSSR count). The second kappa shape index (κ2) is 6.80. The Hall–Kier alpha value is -2.76. The lowest BCUT2D eigenvalue weighted by Crippen LogP contribution is -2.11. The number of pyridine rings is 1. The molecule has 1 aromatic heterocycles. The highest BCUT2D eigenvalue weighted by molar-refractivity contribution is 5.89. The molecule has 0 saturated heterocycles. The lowest BCUT2D eigenvalue weighted by Gasteiger charge is -2.18. The zero-order valence-corrected chi connectivity index (χ0v) is 12.9. The minimum atomic E-state index is -0.347. The van der Waals surface area contributed by atoms with Crippen molar-refractivity contribution >= 4 is 23.2 Å². The zero-order valence-electron chi connectivity index (χ0n) is 12.9. The summed E-state index contributed by atoms with van der Waals surface area (Å²) in [5, 5.41) is 6.29. The molecule has 4 N–H and O–H groups in total. The predicted molar refractivity (Wildman–Crippen MR) is 88.0 cm³/mol. The molecule has 0 radical (unpaired) electrons. The van der Waals surface area contributed by atoms with Gasteiger partial charge in [0, 0.05) is 13.2 Å². The number of hydrogen-bond acceptors (Lipinski definition) is 6. The van der Waals surface area contributed by atoms with Crippen molar-refractivity contribution in [2.45, 2.75) is 13.0 Å². The highest BCUT2D eigenvalue weighted by Gasteiger charge is 2.11. The molecule has 6 nitrogen and oxygen atoms in total. The average Bonchev–Trinajstić information content (AvgIpc) is 2.56. The molecule has 0 bridgehead atoms. The summed E-state index contributed by atoms with van der Waals surface area (Å²) in [4.78, 5) is 15.7. The fraction of sp³-hybridized carbons (Fsp3) is 0.250. The number of aromatic nitrogens is 1. The molecule has 1 atom stereocenters. The molecule has 0 aliphatic rings. The van der Waals surface area contributed by atoms with Gasteiger partial charge >= 0.3 is 5.97 Å². The van der Waals surface area contributed by atoms with Crippen LogP contribution in [0.25, 0.3) is 0 Å². The number of nitrogens with two attached hydrogens (primary N) is 1. The first-order chi connectivity index (χ1) is 10.6. The summed E-state index contributed by atoms with van der Waals surface area (Å²) >= 11 is 0. The number of ether oxygens (including phenoxy) is 1. The smallest absolute Gasteiger partial charge is 0.337 e. The monoisotopic (exact) mass is 300 g/mol. The number of esters is 1. The maximum atomic E-state index is 11.4. The van der Waals surface area contributed by atoms with E-state index in [4.69, 9.17) is 5.73 Å². The Balaban J connectivity index is 2.15. The Kier molecular flexibility index (Phi) is 4.83. The Morgan fingerprint density at radius 1 is 1.27 bits per heavy atom. The largest absolute Gasteiger partial charge is 0.465 e. The Labute approximate surface area is 129 Å². The third kappa shape index (κ3) is 3.28. The number of carbonyl (C=O) groups excluding carboxylic acids is 1. The molecule has 0 unspecified atom stereocenters. The molecular weight excluding hydrogens is 280 g/mol. The number of carbonyl (C=O) groups is 1. The first-order valence-electron chi connectivity index (χ1n) is 6.94. The highest BCUT2D eigenvalue weighted by Crippen LogP contribution is 2.27. The Morgan fingerprint density at radius 2 is 1.95 bits per heavy atom. The summed E-state index contributed by atoms with van der Waals surface area (Å²) in [7, 11) is 3.17. The minimum Gasteiger partial charge on any atom is -0.465 e. The van der Waals surface area contributed by atoms with Crippen LogP contribution in [-0.4, -0.2) is 25.1 Å². The molecule has 0 saturated carbocycles. The van der Waals surface area contributed by atoms with E-state index in [1.165, 1.54) is 7.11 Å². The van der Waals surface area contributed by atoms with Gasteiger partial charge in [0.2, 0.25) is 0 Å². The van der Waals surface area contributed by atoms with Crippen LogP contribution in [0.3, 0.4) is 0 Å². The molecule has 6 heteroatoms. The van der Waals surface area contributed by atoms with E-state index in [0.717, 1.165) is 11.3 Å². The topological polar surface area (TPSA) is 89.3 Å². The van der Waals surface area contributed by atoms with Gasteiger partial charge in [-0.15, -0.1) is 0 Å². The third-order valence-electron chi connectivity index (χ3n) is 3.44. The summed E-state index contributed by atoms with van der Waals surface area (Å²) in [6.45, 7) is 2.00. The summed E-state index contributed by atoms with van der Waals surface area (Å²) in [6, 6.07) is 9.04. The number of nitrogens with one attached hydrogen (secondary N) is 2. The van der Waals surface area contributed by atoms with Gasteiger partial charge in [0.05, 0.1) is 30.1 Å². The first-order valence-corrected chi connectivity index (χ1v) is 6.94. The normalized spacial score (nSPS) is 11.6. The van der Waals surface area contributed by atoms with Gasteiger partial charge in [-0.2, -0.15) is 0 Å². The van der Waals surface area contributed by atoms with Crippen molar-refractivity contribution in [3.63, 3.8) is 0 Å².